The average Bonchev–Trinajstić information content (AvgIpc) is 2.31. The molecule has 0 radical (unpaired) electrons. The van der Waals surface area contributed by atoms with Crippen LogP contribution < -0.4 is 0 Å². The number of aldehydes is 1. The third kappa shape index (κ3) is 2.43. The van der Waals surface area contributed by atoms with Gasteiger partial charge in [0.05, 0.1) is 11.8 Å². The third-order valence-corrected chi connectivity index (χ3v) is 1.82. The fraction of sp³-hybridized carbons (Fsp3) is 0. The molecule has 0 bridgehead atoms. The quantitative estimate of drug-likeness (QED) is 0.402. The maximum atomic E-state index is 10.4. The Balaban J connectivity index is 0.00000121. The maximum absolute atomic E-state index is 10.4. The number of carbonyl (C=O) groups excluding carboxylic acids is 1. The molecule has 0 unspecified atom stereocenters. The Morgan fingerprint density at radius 3 is 2.42 bits per heavy atom. The van der Waals surface area contributed by atoms with E-state index in [0.29, 0.717) is 0 Å². The summed E-state index contributed by atoms with van der Waals surface area (Å²) in [6, 6.07) is 1.15. The predicted molar refractivity (Wildman–Crippen MR) is 41.1 cm³/mol. The van der Waals surface area contributed by atoms with Gasteiger partial charge in [0.1, 0.15) is 0 Å². The Hall–Kier alpha value is -0.140. The number of hydrogen-bond acceptors (Lipinski definition) is 4. The summed E-state index contributed by atoms with van der Waals surface area (Å²) in [4.78, 5) is 10.1. The van der Waals surface area contributed by atoms with Gasteiger partial charge in [-0.2, -0.15) is 8.42 Å². The first-order valence-corrected chi connectivity index (χ1v) is 4.00. The summed E-state index contributed by atoms with van der Waals surface area (Å²) >= 11 is 0. The van der Waals surface area contributed by atoms with Crippen molar-refractivity contribution in [3.63, 3.8) is 0 Å². The van der Waals surface area contributed by atoms with Gasteiger partial charge in [-0.15, -0.1) is 0 Å². The standard InChI is InChI=1S/C5H4O5S.Na.H/c6-3-4-1-2-10-5(4)11(7,8)9;;/h1-3H,(H,7,8,9);;. The van der Waals surface area contributed by atoms with Crippen LogP contribution >= 0.6 is 0 Å². The Morgan fingerprint density at radius 2 is 2.08 bits per heavy atom. The van der Waals surface area contributed by atoms with Crippen molar-refractivity contribution >= 4 is 46.0 Å². The van der Waals surface area contributed by atoms with Gasteiger partial charge in [0.15, 0.2) is 6.29 Å². The fourth-order valence-electron chi connectivity index (χ4n) is 0.602. The van der Waals surface area contributed by atoms with Gasteiger partial charge < -0.3 is 4.42 Å². The summed E-state index contributed by atoms with van der Waals surface area (Å²) in [5, 5.41) is -0.715. The van der Waals surface area contributed by atoms with Gasteiger partial charge in [-0.05, 0) is 6.07 Å². The van der Waals surface area contributed by atoms with Crippen LogP contribution in [0.2, 0.25) is 0 Å². The molecule has 12 heavy (non-hydrogen) atoms. The molecule has 1 aromatic heterocycles. The van der Waals surface area contributed by atoms with E-state index in [1.807, 2.05) is 0 Å². The Morgan fingerprint density at radius 1 is 1.50 bits per heavy atom. The number of rotatable bonds is 2. The summed E-state index contributed by atoms with van der Waals surface area (Å²) in [6.45, 7) is 0. The van der Waals surface area contributed by atoms with Crippen molar-refractivity contribution in [2.24, 2.45) is 0 Å². The summed E-state index contributed by atoms with van der Waals surface area (Å²) in [7, 11) is -4.40. The van der Waals surface area contributed by atoms with Crippen LogP contribution in [0, 0.1) is 0 Å². The van der Waals surface area contributed by atoms with Crippen LogP contribution in [-0.2, 0) is 10.1 Å². The molecule has 7 heteroatoms. The van der Waals surface area contributed by atoms with Crippen molar-refractivity contribution in [1.82, 2.24) is 0 Å². The summed E-state index contributed by atoms with van der Waals surface area (Å²) in [6.07, 6.45) is 1.29. The van der Waals surface area contributed by atoms with Crippen molar-refractivity contribution in [2.45, 2.75) is 5.09 Å². The molecule has 5 nitrogen and oxygen atoms in total. The van der Waals surface area contributed by atoms with Crippen LogP contribution in [0.15, 0.2) is 21.8 Å². The van der Waals surface area contributed by atoms with Gasteiger partial charge in [0, 0.05) is 0 Å². The van der Waals surface area contributed by atoms with Gasteiger partial charge >= 0.3 is 39.7 Å². The zero-order valence-electron chi connectivity index (χ0n) is 5.22. The molecule has 0 spiro atoms. The monoisotopic (exact) mass is 200 g/mol. The van der Waals surface area contributed by atoms with Gasteiger partial charge in [-0.25, -0.2) is 0 Å². The minimum absolute atomic E-state index is 0. The van der Waals surface area contributed by atoms with Crippen LogP contribution in [0.25, 0.3) is 0 Å². The van der Waals surface area contributed by atoms with Crippen LogP contribution in [0.5, 0.6) is 0 Å². The first-order chi connectivity index (χ1) is 5.05. The molecule has 0 atom stereocenters. The molecule has 0 saturated heterocycles. The van der Waals surface area contributed by atoms with Crippen molar-refractivity contribution < 1.29 is 22.2 Å². The van der Waals surface area contributed by atoms with Crippen molar-refractivity contribution in [1.29, 1.82) is 0 Å². The van der Waals surface area contributed by atoms with E-state index in [0.717, 1.165) is 12.3 Å². The molecule has 1 aromatic rings. The van der Waals surface area contributed by atoms with Gasteiger partial charge in [0.2, 0.25) is 0 Å². The molecule has 0 aromatic carbocycles. The van der Waals surface area contributed by atoms with Gasteiger partial charge in [-0.1, -0.05) is 0 Å². The number of carbonyl (C=O) groups is 1. The molecule has 0 aliphatic heterocycles. The van der Waals surface area contributed by atoms with Gasteiger partial charge in [-0.3, -0.25) is 9.35 Å². The van der Waals surface area contributed by atoms with E-state index in [1.165, 1.54) is 0 Å². The second-order valence-electron chi connectivity index (χ2n) is 1.76. The van der Waals surface area contributed by atoms with E-state index in [2.05, 4.69) is 4.42 Å². The summed E-state index contributed by atoms with van der Waals surface area (Å²) < 4.78 is 33.5. The van der Waals surface area contributed by atoms with Crippen molar-refractivity contribution in [3.05, 3.63) is 17.9 Å². The minimum atomic E-state index is -4.40. The summed E-state index contributed by atoms with van der Waals surface area (Å²) in [5.41, 5.74) is -0.187. The zero-order valence-corrected chi connectivity index (χ0v) is 6.04. The first-order valence-electron chi connectivity index (χ1n) is 2.56. The SMILES string of the molecule is O=Cc1ccoc1S(=O)(=O)O.[NaH]. The molecular weight excluding hydrogens is 195 g/mol. The molecule has 0 aliphatic rings. The van der Waals surface area contributed by atoms with E-state index in [4.69, 9.17) is 4.55 Å². The molecule has 0 amide bonds. The van der Waals surface area contributed by atoms with Crippen molar-refractivity contribution in [3.8, 4) is 0 Å². The molecule has 1 N–H and O–H groups in total. The molecule has 62 valence electrons. The number of hydrogen-bond donors (Lipinski definition) is 1. The van der Waals surface area contributed by atoms with E-state index >= 15 is 0 Å². The first kappa shape index (κ1) is 11.9. The Kier molecular flexibility index (Phi) is 4.15. The normalized spacial score (nSPS) is 10.4. The van der Waals surface area contributed by atoms with E-state index in [9.17, 15) is 13.2 Å². The molecule has 0 saturated carbocycles. The van der Waals surface area contributed by atoms with Crippen molar-refractivity contribution in [2.75, 3.05) is 0 Å². The van der Waals surface area contributed by atoms with E-state index < -0.39 is 15.2 Å². The van der Waals surface area contributed by atoms with Crippen LogP contribution in [-0.4, -0.2) is 48.8 Å². The summed E-state index contributed by atoms with van der Waals surface area (Å²) in [5.74, 6) is 0. The van der Waals surface area contributed by atoms with E-state index in [-0.39, 0.29) is 41.4 Å². The van der Waals surface area contributed by atoms with Crippen LogP contribution in [0.1, 0.15) is 10.4 Å². The number of furan rings is 1. The Bertz CT molecular complexity index is 365. The fourth-order valence-corrected chi connectivity index (χ4v) is 1.19. The Labute approximate surface area is 90.8 Å². The molecular formula is C5H5NaO5S. The molecule has 0 fully saturated rings. The molecule has 1 heterocycles. The molecule has 1 rings (SSSR count). The predicted octanol–water partition coefficient (Wildman–Crippen LogP) is -0.310. The second kappa shape index (κ2) is 4.20. The van der Waals surface area contributed by atoms with Crippen LogP contribution in [0.3, 0.4) is 0 Å². The third-order valence-electron chi connectivity index (χ3n) is 1.02. The average molecular weight is 200 g/mol. The van der Waals surface area contributed by atoms with E-state index in [1.54, 1.807) is 0 Å². The topological polar surface area (TPSA) is 84.6 Å². The van der Waals surface area contributed by atoms with Gasteiger partial charge in [0.25, 0.3) is 5.09 Å². The zero-order chi connectivity index (χ0) is 8.48. The second-order valence-corrected chi connectivity index (χ2v) is 3.08. The molecule has 0 aliphatic carbocycles. The van der Waals surface area contributed by atoms with Crippen LogP contribution in [0.4, 0.5) is 0 Å².